The van der Waals surface area contributed by atoms with Crippen LogP contribution < -0.4 is 10.6 Å². The Kier molecular flexibility index (Phi) is 5.98. The maximum Gasteiger partial charge on any atom is 0.314 e. The highest BCUT2D eigenvalue weighted by Gasteiger charge is 2.22. The van der Waals surface area contributed by atoms with E-state index >= 15 is 0 Å². The van der Waals surface area contributed by atoms with Crippen molar-refractivity contribution in [3.05, 3.63) is 47.7 Å². The lowest BCUT2D eigenvalue weighted by atomic mass is 10.1. The minimum absolute atomic E-state index is 0.0272. The summed E-state index contributed by atoms with van der Waals surface area (Å²) in [5.74, 6) is -0.677. The van der Waals surface area contributed by atoms with Crippen LogP contribution in [0.3, 0.4) is 0 Å². The largest absolute Gasteiger partial charge is 0.371 e. The summed E-state index contributed by atoms with van der Waals surface area (Å²) >= 11 is 0. The molecule has 2 amide bonds. The van der Waals surface area contributed by atoms with Crippen LogP contribution in [0.2, 0.25) is 0 Å². The fraction of sp³-hybridized carbons (Fsp3) is 0.389. The highest BCUT2D eigenvalue weighted by atomic mass is 16.5. The Morgan fingerprint density at radius 2 is 2.08 bits per heavy atom. The molecule has 1 unspecified atom stereocenters. The number of hydrogen-bond donors (Lipinski definition) is 2. The number of morpholine rings is 1. The lowest BCUT2D eigenvalue weighted by Gasteiger charge is -2.33. The van der Waals surface area contributed by atoms with Crippen molar-refractivity contribution in [2.75, 3.05) is 38.1 Å². The molecule has 2 aromatic rings. The second kappa shape index (κ2) is 8.59. The first-order valence-corrected chi connectivity index (χ1v) is 8.53. The number of amides is 2. The molecule has 0 aliphatic carbocycles. The second-order valence-electron chi connectivity index (χ2n) is 6.10. The van der Waals surface area contributed by atoms with Gasteiger partial charge in [0.1, 0.15) is 5.76 Å². The molecule has 1 saturated heterocycles. The number of carbonyl (C=O) groups is 2. The van der Waals surface area contributed by atoms with Gasteiger partial charge in [0.25, 0.3) is 0 Å². The van der Waals surface area contributed by atoms with E-state index in [9.17, 15) is 9.59 Å². The number of carbonyl (C=O) groups excluding carboxylic acids is 2. The first-order valence-electron chi connectivity index (χ1n) is 8.53. The van der Waals surface area contributed by atoms with Gasteiger partial charge in [0.15, 0.2) is 5.82 Å². The molecule has 1 atom stereocenters. The number of nitrogens with one attached hydrogen (secondary N) is 2. The van der Waals surface area contributed by atoms with Gasteiger partial charge >= 0.3 is 11.8 Å². The van der Waals surface area contributed by atoms with Crippen molar-refractivity contribution >= 4 is 17.6 Å². The number of ether oxygens (including phenoxy) is 1. The van der Waals surface area contributed by atoms with Crippen molar-refractivity contribution < 1.29 is 18.8 Å². The van der Waals surface area contributed by atoms with Crippen LogP contribution in [0, 0.1) is 6.92 Å². The topological polar surface area (TPSA) is 96.7 Å². The van der Waals surface area contributed by atoms with Gasteiger partial charge in [-0.15, -0.1) is 0 Å². The molecule has 3 rings (SSSR count). The molecule has 1 aromatic heterocycles. The first-order chi connectivity index (χ1) is 12.6. The van der Waals surface area contributed by atoms with Gasteiger partial charge in [0, 0.05) is 32.2 Å². The Bertz CT molecular complexity index is 747. The van der Waals surface area contributed by atoms with Crippen LogP contribution in [0.1, 0.15) is 17.4 Å². The van der Waals surface area contributed by atoms with Crippen LogP contribution in [0.5, 0.6) is 0 Å². The number of rotatable bonds is 5. The SMILES string of the molecule is Cc1cc(NC(=O)C(=O)NCCN2CCOC(c3ccccc3)C2)no1. The monoisotopic (exact) mass is 358 g/mol. The summed E-state index contributed by atoms with van der Waals surface area (Å²) in [5, 5.41) is 8.63. The summed E-state index contributed by atoms with van der Waals surface area (Å²) < 4.78 is 10.7. The number of anilines is 1. The van der Waals surface area contributed by atoms with Crippen molar-refractivity contribution in [1.29, 1.82) is 0 Å². The van der Waals surface area contributed by atoms with Gasteiger partial charge in [-0.25, -0.2) is 0 Å². The average Bonchev–Trinajstić information content (AvgIpc) is 3.07. The van der Waals surface area contributed by atoms with Gasteiger partial charge in [0.05, 0.1) is 12.7 Å². The molecule has 0 bridgehead atoms. The zero-order valence-corrected chi connectivity index (χ0v) is 14.6. The lowest BCUT2D eigenvalue weighted by Crippen LogP contribution is -2.44. The molecule has 1 fully saturated rings. The molecule has 1 aliphatic rings. The van der Waals surface area contributed by atoms with E-state index in [1.807, 2.05) is 30.3 Å². The second-order valence-corrected chi connectivity index (χ2v) is 6.10. The third-order valence-corrected chi connectivity index (χ3v) is 4.11. The number of benzene rings is 1. The minimum atomic E-state index is -0.762. The molecular weight excluding hydrogens is 336 g/mol. The number of aromatic nitrogens is 1. The highest BCUT2D eigenvalue weighted by Crippen LogP contribution is 2.21. The summed E-state index contributed by atoms with van der Waals surface area (Å²) in [5.41, 5.74) is 1.14. The minimum Gasteiger partial charge on any atom is -0.371 e. The van der Waals surface area contributed by atoms with E-state index in [-0.39, 0.29) is 11.9 Å². The zero-order valence-electron chi connectivity index (χ0n) is 14.6. The Morgan fingerprint density at radius 3 is 2.81 bits per heavy atom. The summed E-state index contributed by atoms with van der Waals surface area (Å²) in [7, 11) is 0. The molecule has 138 valence electrons. The van der Waals surface area contributed by atoms with Crippen molar-refractivity contribution in [2.45, 2.75) is 13.0 Å². The van der Waals surface area contributed by atoms with E-state index in [0.29, 0.717) is 25.5 Å². The molecule has 8 heteroatoms. The van der Waals surface area contributed by atoms with E-state index < -0.39 is 11.8 Å². The Balaban J connectivity index is 1.41. The van der Waals surface area contributed by atoms with Crippen molar-refractivity contribution in [2.24, 2.45) is 0 Å². The molecule has 26 heavy (non-hydrogen) atoms. The predicted octanol–water partition coefficient (Wildman–Crippen LogP) is 1.11. The number of aryl methyl sites for hydroxylation is 1. The third-order valence-electron chi connectivity index (χ3n) is 4.11. The van der Waals surface area contributed by atoms with Crippen LogP contribution in [0.4, 0.5) is 5.82 Å². The smallest absolute Gasteiger partial charge is 0.314 e. The van der Waals surface area contributed by atoms with Gasteiger partial charge in [-0.1, -0.05) is 35.5 Å². The summed E-state index contributed by atoms with van der Waals surface area (Å²) in [4.78, 5) is 25.9. The zero-order chi connectivity index (χ0) is 18.4. The van der Waals surface area contributed by atoms with Crippen molar-refractivity contribution in [3.8, 4) is 0 Å². The van der Waals surface area contributed by atoms with E-state index in [1.165, 1.54) is 0 Å². The average molecular weight is 358 g/mol. The summed E-state index contributed by atoms with van der Waals surface area (Å²) in [6.07, 6.45) is 0.0272. The molecule has 0 radical (unpaired) electrons. The summed E-state index contributed by atoms with van der Waals surface area (Å²) in [6, 6.07) is 11.6. The molecular formula is C18H22N4O4. The molecule has 2 N–H and O–H groups in total. The Hall–Kier alpha value is -2.71. The number of hydrogen-bond acceptors (Lipinski definition) is 6. The maximum absolute atomic E-state index is 11.9. The van der Waals surface area contributed by atoms with E-state index in [4.69, 9.17) is 9.26 Å². The summed E-state index contributed by atoms with van der Waals surface area (Å²) in [6.45, 7) is 4.92. The van der Waals surface area contributed by atoms with Gasteiger partial charge in [-0.2, -0.15) is 0 Å². The van der Waals surface area contributed by atoms with Gasteiger partial charge in [-0.05, 0) is 12.5 Å². The molecule has 1 aliphatic heterocycles. The van der Waals surface area contributed by atoms with Crippen LogP contribution in [0.15, 0.2) is 40.9 Å². The van der Waals surface area contributed by atoms with Crippen molar-refractivity contribution in [1.82, 2.24) is 15.4 Å². The molecule has 0 saturated carbocycles. The molecule has 0 spiro atoms. The Morgan fingerprint density at radius 1 is 1.27 bits per heavy atom. The standard InChI is InChI=1S/C18H22N4O4/c1-13-11-16(21-26-13)20-18(24)17(23)19-7-8-22-9-10-25-15(12-22)14-5-3-2-4-6-14/h2-6,11,15H,7-10,12H2,1H3,(H,19,23)(H,20,21,24). The van der Waals surface area contributed by atoms with Crippen molar-refractivity contribution in [3.63, 3.8) is 0 Å². The highest BCUT2D eigenvalue weighted by molar-refractivity contribution is 6.39. The van der Waals surface area contributed by atoms with E-state index in [1.54, 1.807) is 13.0 Å². The van der Waals surface area contributed by atoms with E-state index in [0.717, 1.165) is 18.7 Å². The van der Waals surface area contributed by atoms with E-state index in [2.05, 4.69) is 20.7 Å². The fourth-order valence-electron chi connectivity index (χ4n) is 2.78. The van der Waals surface area contributed by atoms with Crippen LogP contribution >= 0.6 is 0 Å². The normalized spacial score (nSPS) is 17.7. The lowest BCUT2D eigenvalue weighted by molar-refractivity contribution is -0.136. The molecule has 1 aromatic carbocycles. The maximum atomic E-state index is 11.9. The van der Waals surface area contributed by atoms with Crippen LogP contribution in [-0.4, -0.2) is 54.7 Å². The third kappa shape index (κ3) is 4.90. The van der Waals surface area contributed by atoms with Gasteiger partial charge in [-0.3, -0.25) is 19.8 Å². The van der Waals surface area contributed by atoms with Gasteiger partial charge in [0.2, 0.25) is 0 Å². The van der Waals surface area contributed by atoms with Gasteiger partial charge < -0.3 is 14.6 Å². The molecule has 8 nitrogen and oxygen atoms in total. The molecule has 2 heterocycles. The van der Waals surface area contributed by atoms with Crippen LogP contribution in [-0.2, 0) is 14.3 Å². The fourth-order valence-corrected chi connectivity index (χ4v) is 2.78. The predicted molar refractivity (Wildman–Crippen MR) is 94.5 cm³/mol. The quantitative estimate of drug-likeness (QED) is 0.778. The van der Waals surface area contributed by atoms with Crippen LogP contribution in [0.25, 0.3) is 0 Å². The number of nitrogens with zero attached hydrogens (tertiary/aromatic N) is 2. The first kappa shape index (κ1) is 18.1. The Labute approximate surface area is 151 Å².